The van der Waals surface area contributed by atoms with Crippen molar-refractivity contribution in [3.05, 3.63) is 71.3 Å². The standard InChI is InChI=1S/C19H18/c1-2-8-14(9-3-1)19-17-12-6-4-10-15(17)16-11-5-7-13-18(16)19/h4-8,10-13,19H,1-3,9H2. The highest BCUT2D eigenvalue weighted by Crippen LogP contribution is 2.49. The Morgan fingerprint density at radius 1 is 0.737 bits per heavy atom. The van der Waals surface area contributed by atoms with Crippen LogP contribution < -0.4 is 0 Å². The van der Waals surface area contributed by atoms with Gasteiger partial charge in [-0.1, -0.05) is 60.2 Å². The van der Waals surface area contributed by atoms with Crippen LogP contribution in [0.1, 0.15) is 42.7 Å². The van der Waals surface area contributed by atoms with Crippen molar-refractivity contribution in [1.82, 2.24) is 0 Å². The van der Waals surface area contributed by atoms with Crippen molar-refractivity contribution in [1.29, 1.82) is 0 Å². The fraction of sp³-hybridized carbons (Fsp3) is 0.263. The molecule has 2 aliphatic carbocycles. The molecule has 0 heteroatoms. The van der Waals surface area contributed by atoms with E-state index in [1.807, 2.05) is 0 Å². The summed E-state index contributed by atoms with van der Waals surface area (Å²) in [6, 6.07) is 17.9. The van der Waals surface area contributed by atoms with E-state index in [-0.39, 0.29) is 0 Å². The minimum atomic E-state index is 0.521. The molecule has 0 unspecified atom stereocenters. The van der Waals surface area contributed by atoms with Crippen molar-refractivity contribution in [3.63, 3.8) is 0 Å². The molecule has 0 saturated carbocycles. The lowest BCUT2D eigenvalue weighted by Crippen LogP contribution is -2.04. The summed E-state index contributed by atoms with van der Waals surface area (Å²) in [7, 11) is 0. The monoisotopic (exact) mass is 246 g/mol. The highest BCUT2D eigenvalue weighted by atomic mass is 14.3. The Bertz CT molecular complexity index is 603. The van der Waals surface area contributed by atoms with Gasteiger partial charge in [-0.15, -0.1) is 0 Å². The zero-order valence-electron chi connectivity index (χ0n) is 11.1. The molecule has 2 aromatic rings. The van der Waals surface area contributed by atoms with Crippen LogP contribution in [0.15, 0.2) is 60.2 Å². The minimum absolute atomic E-state index is 0.521. The van der Waals surface area contributed by atoms with Gasteiger partial charge in [0.05, 0.1) is 0 Å². The van der Waals surface area contributed by atoms with Crippen LogP contribution in [0.25, 0.3) is 11.1 Å². The van der Waals surface area contributed by atoms with Crippen LogP contribution >= 0.6 is 0 Å². The molecule has 0 radical (unpaired) electrons. The van der Waals surface area contributed by atoms with Gasteiger partial charge >= 0.3 is 0 Å². The molecule has 4 rings (SSSR count). The lowest BCUT2D eigenvalue weighted by atomic mass is 9.83. The Balaban J connectivity index is 1.93. The van der Waals surface area contributed by atoms with Crippen LogP contribution in [0.3, 0.4) is 0 Å². The van der Waals surface area contributed by atoms with E-state index >= 15 is 0 Å². The Labute approximate surface area is 114 Å². The average molecular weight is 246 g/mol. The zero-order chi connectivity index (χ0) is 12.7. The zero-order valence-corrected chi connectivity index (χ0v) is 11.1. The predicted molar refractivity (Wildman–Crippen MR) is 80.3 cm³/mol. The Morgan fingerprint density at radius 3 is 1.95 bits per heavy atom. The van der Waals surface area contributed by atoms with Crippen LogP contribution in [0, 0.1) is 0 Å². The van der Waals surface area contributed by atoms with E-state index in [4.69, 9.17) is 0 Å². The van der Waals surface area contributed by atoms with Crippen LogP contribution in [0.5, 0.6) is 0 Å². The van der Waals surface area contributed by atoms with E-state index in [1.165, 1.54) is 47.9 Å². The maximum Gasteiger partial charge on any atom is 0.0311 e. The van der Waals surface area contributed by atoms with Gasteiger partial charge in [0.15, 0.2) is 0 Å². The fourth-order valence-electron chi connectivity index (χ4n) is 3.68. The third kappa shape index (κ3) is 1.67. The third-order valence-electron chi connectivity index (χ3n) is 4.53. The first-order chi connectivity index (χ1) is 9.45. The molecule has 0 fully saturated rings. The fourth-order valence-corrected chi connectivity index (χ4v) is 3.68. The highest BCUT2D eigenvalue weighted by Gasteiger charge is 2.30. The molecule has 94 valence electrons. The quantitative estimate of drug-likeness (QED) is 0.599. The van der Waals surface area contributed by atoms with Crippen LogP contribution in [-0.2, 0) is 0 Å². The lowest BCUT2D eigenvalue weighted by molar-refractivity contribution is 0.671. The summed E-state index contributed by atoms with van der Waals surface area (Å²) in [5.41, 5.74) is 7.54. The molecule has 0 aromatic heterocycles. The van der Waals surface area contributed by atoms with Gasteiger partial charge < -0.3 is 0 Å². The van der Waals surface area contributed by atoms with Crippen molar-refractivity contribution in [3.8, 4) is 11.1 Å². The molecule has 0 aliphatic heterocycles. The van der Waals surface area contributed by atoms with Crippen molar-refractivity contribution in [2.24, 2.45) is 0 Å². The van der Waals surface area contributed by atoms with Gasteiger partial charge in [0.25, 0.3) is 0 Å². The van der Waals surface area contributed by atoms with Crippen molar-refractivity contribution in [2.75, 3.05) is 0 Å². The number of hydrogen-bond donors (Lipinski definition) is 0. The molecule has 0 amide bonds. The average Bonchev–Trinajstić information content (AvgIpc) is 2.83. The van der Waals surface area contributed by atoms with E-state index in [0.717, 1.165) is 0 Å². The molecule has 0 saturated heterocycles. The molecular weight excluding hydrogens is 228 g/mol. The van der Waals surface area contributed by atoms with Crippen LogP contribution in [0.2, 0.25) is 0 Å². The topological polar surface area (TPSA) is 0 Å². The molecule has 0 N–H and O–H groups in total. The molecule has 0 nitrogen and oxygen atoms in total. The smallest absolute Gasteiger partial charge is 0.0311 e. The summed E-state index contributed by atoms with van der Waals surface area (Å²) >= 11 is 0. The number of benzene rings is 2. The third-order valence-corrected chi connectivity index (χ3v) is 4.53. The summed E-state index contributed by atoms with van der Waals surface area (Å²) in [4.78, 5) is 0. The van der Waals surface area contributed by atoms with E-state index in [2.05, 4.69) is 54.6 Å². The SMILES string of the molecule is C1=C(C2c3ccccc3-c3ccccc32)CCCC1. The molecule has 0 spiro atoms. The van der Waals surface area contributed by atoms with Gasteiger partial charge in [0.1, 0.15) is 0 Å². The van der Waals surface area contributed by atoms with Crippen LogP contribution in [-0.4, -0.2) is 0 Å². The normalized spacial score (nSPS) is 17.8. The number of fused-ring (bicyclic) bond motifs is 3. The van der Waals surface area contributed by atoms with Gasteiger partial charge in [0.2, 0.25) is 0 Å². The predicted octanol–water partition coefficient (Wildman–Crippen LogP) is 5.30. The molecule has 2 aliphatic rings. The first-order valence-electron chi connectivity index (χ1n) is 7.32. The van der Waals surface area contributed by atoms with Gasteiger partial charge in [-0.3, -0.25) is 0 Å². The van der Waals surface area contributed by atoms with E-state index in [1.54, 1.807) is 5.57 Å². The summed E-state index contributed by atoms with van der Waals surface area (Å²) in [5.74, 6) is 0.521. The van der Waals surface area contributed by atoms with Crippen molar-refractivity contribution < 1.29 is 0 Å². The van der Waals surface area contributed by atoms with Crippen LogP contribution in [0.4, 0.5) is 0 Å². The lowest BCUT2D eigenvalue weighted by Gasteiger charge is -2.21. The Hall–Kier alpha value is -1.82. The van der Waals surface area contributed by atoms with Gasteiger partial charge in [0, 0.05) is 5.92 Å². The Morgan fingerprint density at radius 2 is 1.37 bits per heavy atom. The van der Waals surface area contributed by atoms with Gasteiger partial charge in [-0.05, 0) is 47.9 Å². The summed E-state index contributed by atoms with van der Waals surface area (Å²) in [5, 5.41) is 0. The number of allylic oxidation sites excluding steroid dienone is 2. The van der Waals surface area contributed by atoms with Crippen molar-refractivity contribution >= 4 is 0 Å². The number of rotatable bonds is 1. The molecule has 0 atom stereocenters. The first kappa shape index (κ1) is 11.0. The summed E-state index contributed by atoms with van der Waals surface area (Å²) in [6.07, 6.45) is 7.74. The van der Waals surface area contributed by atoms with Gasteiger partial charge in [-0.25, -0.2) is 0 Å². The highest BCUT2D eigenvalue weighted by molar-refractivity contribution is 5.80. The Kier molecular flexibility index (Phi) is 2.55. The molecular formula is C19H18. The largest absolute Gasteiger partial charge is 0.0844 e. The van der Waals surface area contributed by atoms with E-state index in [0.29, 0.717) is 5.92 Å². The second kappa shape index (κ2) is 4.38. The maximum atomic E-state index is 2.49. The molecule has 2 aromatic carbocycles. The molecule has 0 heterocycles. The second-order valence-electron chi connectivity index (χ2n) is 5.63. The summed E-state index contributed by atoms with van der Waals surface area (Å²) in [6.45, 7) is 0. The number of hydrogen-bond acceptors (Lipinski definition) is 0. The molecule has 0 bridgehead atoms. The summed E-state index contributed by atoms with van der Waals surface area (Å²) < 4.78 is 0. The van der Waals surface area contributed by atoms with Crippen molar-refractivity contribution in [2.45, 2.75) is 31.6 Å². The minimum Gasteiger partial charge on any atom is -0.0844 e. The maximum absolute atomic E-state index is 2.49. The first-order valence-corrected chi connectivity index (χ1v) is 7.32. The van der Waals surface area contributed by atoms with E-state index < -0.39 is 0 Å². The second-order valence-corrected chi connectivity index (χ2v) is 5.63. The van der Waals surface area contributed by atoms with Gasteiger partial charge in [-0.2, -0.15) is 0 Å². The van der Waals surface area contributed by atoms with E-state index in [9.17, 15) is 0 Å². The molecule has 19 heavy (non-hydrogen) atoms.